The summed E-state index contributed by atoms with van der Waals surface area (Å²) in [5, 5.41) is 0.749. The Kier molecular flexibility index (Phi) is 2.69. The van der Waals surface area contributed by atoms with Crippen LogP contribution in [-0.4, -0.2) is 35.0 Å². The third-order valence-corrected chi connectivity index (χ3v) is 5.95. The summed E-state index contributed by atoms with van der Waals surface area (Å²) in [4.78, 5) is 2.46. The number of hydrogen-bond acceptors (Lipinski definition) is 2. The average molecular weight is 211 g/mol. The molecular weight excluding hydrogens is 190 g/mol. The molecule has 0 aromatic heterocycles. The predicted molar refractivity (Wildman–Crippen MR) is 64.9 cm³/mol. The molecule has 1 saturated heterocycles. The summed E-state index contributed by atoms with van der Waals surface area (Å²) in [5.41, 5.74) is 3.32. The van der Waals surface area contributed by atoms with Crippen LogP contribution in [0.25, 0.3) is 0 Å². The van der Waals surface area contributed by atoms with Crippen LogP contribution in [0.4, 0.5) is 0 Å². The predicted octanol–water partition coefficient (Wildman–Crippen LogP) is 2.92. The lowest BCUT2D eigenvalue weighted by Gasteiger charge is -2.38. The molecule has 2 aliphatic heterocycles. The maximum atomic E-state index is 2.46. The van der Waals surface area contributed by atoms with Crippen molar-refractivity contribution < 1.29 is 0 Å². The van der Waals surface area contributed by atoms with Gasteiger partial charge >= 0.3 is 0 Å². The van der Waals surface area contributed by atoms with Crippen LogP contribution in [0.2, 0.25) is 0 Å². The zero-order valence-corrected chi connectivity index (χ0v) is 10.6. The first-order valence-corrected chi connectivity index (χ1v) is 6.47. The molecule has 0 aromatic carbocycles. The van der Waals surface area contributed by atoms with Gasteiger partial charge in [0.1, 0.15) is 0 Å². The molecule has 0 aliphatic carbocycles. The van der Waals surface area contributed by atoms with E-state index in [1.165, 1.54) is 25.9 Å². The van der Waals surface area contributed by atoms with Crippen LogP contribution in [-0.2, 0) is 0 Å². The van der Waals surface area contributed by atoms with Crippen LogP contribution < -0.4 is 0 Å². The SMILES string of the molecule is CC1=C(C)C2(CCN(C)CC2)SC1C. The molecule has 0 saturated carbocycles. The van der Waals surface area contributed by atoms with E-state index in [9.17, 15) is 0 Å². The van der Waals surface area contributed by atoms with E-state index in [-0.39, 0.29) is 0 Å². The quantitative estimate of drug-likeness (QED) is 0.567. The lowest BCUT2D eigenvalue weighted by Crippen LogP contribution is -2.40. The molecule has 1 fully saturated rings. The van der Waals surface area contributed by atoms with Crippen LogP contribution in [0.3, 0.4) is 0 Å². The van der Waals surface area contributed by atoms with E-state index >= 15 is 0 Å². The van der Waals surface area contributed by atoms with Gasteiger partial charge in [0.15, 0.2) is 0 Å². The Labute approximate surface area is 91.9 Å². The summed E-state index contributed by atoms with van der Waals surface area (Å²) < 4.78 is 0.510. The minimum absolute atomic E-state index is 0.510. The fraction of sp³-hybridized carbons (Fsp3) is 0.833. The normalized spacial score (nSPS) is 33.0. The second-order valence-electron chi connectivity index (χ2n) is 4.87. The molecule has 0 radical (unpaired) electrons. The maximum absolute atomic E-state index is 2.46. The highest BCUT2D eigenvalue weighted by Gasteiger charge is 2.42. The number of hydrogen-bond donors (Lipinski definition) is 0. The molecule has 0 amide bonds. The lowest BCUT2D eigenvalue weighted by atomic mass is 9.86. The van der Waals surface area contributed by atoms with Gasteiger partial charge in [-0.2, -0.15) is 0 Å². The maximum Gasteiger partial charge on any atom is 0.0398 e. The highest BCUT2D eigenvalue weighted by atomic mass is 32.2. The third-order valence-electron chi connectivity index (χ3n) is 4.08. The van der Waals surface area contributed by atoms with Gasteiger partial charge in [-0.25, -0.2) is 0 Å². The van der Waals surface area contributed by atoms with Gasteiger partial charge < -0.3 is 4.90 Å². The third kappa shape index (κ3) is 1.53. The lowest BCUT2D eigenvalue weighted by molar-refractivity contribution is 0.254. The summed E-state index contributed by atoms with van der Waals surface area (Å²) in [5.74, 6) is 0. The molecule has 1 unspecified atom stereocenters. The van der Waals surface area contributed by atoms with E-state index in [1.54, 1.807) is 11.1 Å². The molecule has 1 nitrogen and oxygen atoms in total. The molecule has 2 heterocycles. The Morgan fingerprint density at radius 3 is 2.29 bits per heavy atom. The molecule has 1 atom stereocenters. The highest BCUT2D eigenvalue weighted by Crippen LogP contribution is 2.52. The molecule has 1 spiro atoms. The smallest absolute Gasteiger partial charge is 0.0398 e. The van der Waals surface area contributed by atoms with Crippen molar-refractivity contribution in [2.24, 2.45) is 0 Å². The van der Waals surface area contributed by atoms with E-state index in [1.807, 2.05) is 0 Å². The second kappa shape index (κ2) is 3.57. The fourth-order valence-electron chi connectivity index (χ4n) is 2.65. The van der Waals surface area contributed by atoms with Crippen LogP contribution >= 0.6 is 11.8 Å². The second-order valence-corrected chi connectivity index (χ2v) is 6.59. The number of rotatable bonds is 0. The number of likely N-dealkylation sites (tertiary alicyclic amines) is 1. The topological polar surface area (TPSA) is 3.24 Å². The van der Waals surface area contributed by atoms with Crippen LogP contribution in [0.5, 0.6) is 0 Å². The van der Waals surface area contributed by atoms with Crippen LogP contribution in [0.15, 0.2) is 11.1 Å². The Morgan fingerprint density at radius 1 is 1.29 bits per heavy atom. The van der Waals surface area contributed by atoms with E-state index in [2.05, 4.69) is 44.5 Å². The van der Waals surface area contributed by atoms with Crippen molar-refractivity contribution in [3.8, 4) is 0 Å². The van der Waals surface area contributed by atoms with E-state index in [0.717, 1.165) is 5.25 Å². The molecule has 2 heteroatoms. The standard InChI is InChI=1S/C12H21NS/c1-9-10(2)12(14-11(9)3)5-7-13(4)8-6-12/h11H,5-8H2,1-4H3. The van der Waals surface area contributed by atoms with Crippen LogP contribution in [0, 0.1) is 0 Å². The zero-order valence-electron chi connectivity index (χ0n) is 9.76. The van der Waals surface area contributed by atoms with Crippen molar-refractivity contribution in [1.29, 1.82) is 0 Å². The summed E-state index contributed by atoms with van der Waals surface area (Å²) in [6, 6.07) is 0. The van der Waals surface area contributed by atoms with Gasteiger partial charge in [0.2, 0.25) is 0 Å². The van der Waals surface area contributed by atoms with Crippen molar-refractivity contribution in [2.75, 3.05) is 20.1 Å². The zero-order chi connectivity index (χ0) is 10.3. The first kappa shape index (κ1) is 10.6. The van der Waals surface area contributed by atoms with Gasteiger partial charge in [-0.3, -0.25) is 0 Å². The Hall–Kier alpha value is 0.0500. The largest absolute Gasteiger partial charge is 0.306 e. The number of piperidine rings is 1. The number of nitrogens with zero attached hydrogens (tertiary/aromatic N) is 1. The molecule has 80 valence electrons. The van der Waals surface area contributed by atoms with Crippen LogP contribution in [0.1, 0.15) is 33.6 Å². The molecule has 14 heavy (non-hydrogen) atoms. The van der Waals surface area contributed by atoms with Gasteiger partial charge in [0, 0.05) is 10.00 Å². The highest BCUT2D eigenvalue weighted by molar-refractivity contribution is 8.02. The van der Waals surface area contributed by atoms with Crippen molar-refractivity contribution in [3.63, 3.8) is 0 Å². The van der Waals surface area contributed by atoms with Gasteiger partial charge in [0.05, 0.1) is 0 Å². The van der Waals surface area contributed by atoms with E-state index in [0.29, 0.717) is 4.75 Å². The minimum Gasteiger partial charge on any atom is -0.306 e. The molecule has 2 aliphatic rings. The van der Waals surface area contributed by atoms with Crippen molar-refractivity contribution in [2.45, 2.75) is 43.6 Å². The first-order valence-electron chi connectivity index (χ1n) is 5.59. The molecule has 0 bridgehead atoms. The molecule has 0 aromatic rings. The van der Waals surface area contributed by atoms with E-state index in [4.69, 9.17) is 0 Å². The van der Waals surface area contributed by atoms with Gasteiger partial charge in [0.25, 0.3) is 0 Å². The Bertz CT molecular complexity index is 261. The first-order chi connectivity index (χ1) is 6.55. The monoisotopic (exact) mass is 211 g/mol. The summed E-state index contributed by atoms with van der Waals surface area (Å²) in [6.45, 7) is 9.57. The van der Waals surface area contributed by atoms with E-state index < -0.39 is 0 Å². The summed E-state index contributed by atoms with van der Waals surface area (Å²) in [7, 11) is 2.24. The van der Waals surface area contributed by atoms with Crippen molar-refractivity contribution in [3.05, 3.63) is 11.1 Å². The van der Waals surface area contributed by atoms with Gasteiger partial charge in [-0.1, -0.05) is 11.1 Å². The Balaban J connectivity index is 2.19. The van der Waals surface area contributed by atoms with Gasteiger partial charge in [-0.15, -0.1) is 11.8 Å². The Morgan fingerprint density at radius 2 is 1.86 bits per heavy atom. The van der Waals surface area contributed by atoms with Gasteiger partial charge in [-0.05, 0) is 53.8 Å². The average Bonchev–Trinajstić information content (AvgIpc) is 2.37. The fourth-order valence-corrected chi connectivity index (χ4v) is 4.44. The van der Waals surface area contributed by atoms with Crippen molar-refractivity contribution in [1.82, 2.24) is 4.90 Å². The number of thioether (sulfide) groups is 1. The molecular formula is C12H21NS. The molecule has 0 N–H and O–H groups in total. The minimum atomic E-state index is 0.510. The summed E-state index contributed by atoms with van der Waals surface area (Å²) in [6.07, 6.45) is 2.70. The summed E-state index contributed by atoms with van der Waals surface area (Å²) >= 11 is 2.21. The molecule has 2 rings (SSSR count). The van der Waals surface area contributed by atoms with Crippen molar-refractivity contribution >= 4 is 11.8 Å².